The molecule has 0 bridgehead atoms. The van der Waals surface area contributed by atoms with Crippen LogP contribution < -0.4 is 10.1 Å². The smallest absolute Gasteiger partial charge is 0.121 e. The fourth-order valence-electron chi connectivity index (χ4n) is 1.75. The number of anilines is 1. The molecule has 0 aliphatic rings. The molecule has 1 unspecified atom stereocenters. The molecule has 1 N–H and O–H groups in total. The van der Waals surface area contributed by atoms with Crippen molar-refractivity contribution < 1.29 is 4.74 Å². The SMILES string of the molecule is C=CCCC(C)Nc1cccc(OCCN(C)C)c1. The summed E-state index contributed by atoms with van der Waals surface area (Å²) in [5.74, 6) is 0.919. The van der Waals surface area contributed by atoms with Crippen molar-refractivity contribution in [2.24, 2.45) is 0 Å². The first-order valence-corrected chi connectivity index (χ1v) is 6.87. The minimum Gasteiger partial charge on any atom is -0.492 e. The maximum absolute atomic E-state index is 5.72. The molecule has 3 heteroatoms. The molecule has 0 aliphatic carbocycles. The van der Waals surface area contributed by atoms with Gasteiger partial charge in [0.1, 0.15) is 12.4 Å². The second kappa shape index (κ2) is 8.59. The van der Waals surface area contributed by atoms with Crippen LogP contribution in [0.4, 0.5) is 5.69 Å². The molecule has 0 fully saturated rings. The molecule has 0 spiro atoms. The molecule has 0 aliphatic heterocycles. The molecular formula is C16H26N2O. The molecule has 19 heavy (non-hydrogen) atoms. The number of nitrogens with one attached hydrogen (secondary N) is 1. The van der Waals surface area contributed by atoms with Crippen molar-refractivity contribution in [3.63, 3.8) is 0 Å². The molecular weight excluding hydrogens is 236 g/mol. The van der Waals surface area contributed by atoms with Gasteiger partial charge in [0, 0.05) is 24.3 Å². The number of benzene rings is 1. The molecule has 1 atom stereocenters. The Kier molecular flexibility index (Phi) is 7.04. The van der Waals surface area contributed by atoms with E-state index in [4.69, 9.17) is 4.74 Å². The fourth-order valence-corrected chi connectivity index (χ4v) is 1.75. The number of rotatable bonds is 9. The first-order chi connectivity index (χ1) is 9.11. The van der Waals surface area contributed by atoms with Crippen molar-refractivity contribution in [3.8, 4) is 5.75 Å². The van der Waals surface area contributed by atoms with Crippen molar-refractivity contribution in [2.45, 2.75) is 25.8 Å². The summed E-state index contributed by atoms with van der Waals surface area (Å²) < 4.78 is 5.72. The summed E-state index contributed by atoms with van der Waals surface area (Å²) in [4.78, 5) is 2.11. The van der Waals surface area contributed by atoms with Gasteiger partial charge in [0.15, 0.2) is 0 Å². The monoisotopic (exact) mass is 262 g/mol. The fraction of sp³-hybridized carbons (Fsp3) is 0.500. The lowest BCUT2D eigenvalue weighted by atomic mass is 10.1. The Morgan fingerprint density at radius 1 is 1.42 bits per heavy atom. The molecule has 0 amide bonds. The largest absolute Gasteiger partial charge is 0.492 e. The van der Waals surface area contributed by atoms with Gasteiger partial charge >= 0.3 is 0 Å². The van der Waals surface area contributed by atoms with Crippen LogP contribution in [0, 0.1) is 0 Å². The summed E-state index contributed by atoms with van der Waals surface area (Å²) in [7, 11) is 4.09. The Hall–Kier alpha value is -1.48. The lowest BCUT2D eigenvalue weighted by molar-refractivity contribution is 0.261. The summed E-state index contributed by atoms with van der Waals surface area (Å²) in [5.41, 5.74) is 1.11. The topological polar surface area (TPSA) is 24.5 Å². The third-order valence-electron chi connectivity index (χ3n) is 2.86. The number of likely N-dealkylation sites (N-methyl/N-ethyl adjacent to an activating group) is 1. The third-order valence-corrected chi connectivity index (χ3v) is 2.86. The van der Waals surface area contributed by atoms with E-state index >= 15 is 0 Å². The van der Waals surface area contributed by atoms with Gasteiger partial charge < -0.3 is 15.0 Å². The number of nitrogens with zero attached hydrogens (tertiary/aromatic N) is 1. The van der Waals surface area contributed by atoms with Crippen molar-refractivity contribution in [1.29, 1.82) is 0 Å². The minimum absolute atomic E-state index is 0.440. The zero-order valence-corrected chi connectivity index (χ0v) is 12.4. The highest BCUT2D eigenvalue weighted by Gasteiger charge is 2.02. The lowest BCUT2D eigenvalue weighted by Crippen LogP contribution is -2.19. The van der Waals surface area contributed by atoms with Crippen molar-refractivity contribution in [2.75, 3.05) is 32.6 Å². The number of hydrogen-bond acceptors (Lipinski definition) is 3. The molecule has 0 saturated heterocycles. The standard InChI is InChI=1S/C16H26N2O/c1-5-6-8-14(2)17-15-9-7-10-16(13-15)19-12-11-18(3)4/h5,7,9-10,13-14,17H,1,6,8,11-12H2,2-4H3. The van der Waals surface area contributed by atoms with Crippen LogP contribution in [0.25, 0.3) is 0 Å². The van der Waals surface area contributed by atoms with Gasteiger partial charge in [-0.2, -0.15) is 0 Å². The van der Waals surface area contributed by atoms with Crippen LogP contribution in [0.5, 0.6) is 5.75 Å². The van der Waals surface area contributed by atoms with E-state index in [2.05, 4.69) is 35.9 Å². The van der Waals surface area contributed by atoms with Gasteiger partial charge in [-0.05, 0) is 46.0 Å². The van der Waals surface area contributed by atoms with Gasteiger partial charge in [0.2, 0.25) is 0 Å². The molecule has 0 radical (unpaired) electrons. The molecule has 1 rings (SSSR count). The molecule has 1 aromatic rings. The zero-order chi connectivity index (χ0) is 14.1. The van der Waals surface area contributed by atoms with E-state index in [0.717, 1.165) is 30.8 Å². The van der Waals surface area contributed by atoms with E-state index in [9.17, 15) is 0 Å². The maximum Gasteiger partial charge on any atom is 0.121 e. The van der Waals surface area contributed by atoms with Crippen LogP contribution in [0.2, 0.25) is 0 Å². The third kappa shape index (κ3) is 6.87. The predicted octanol–water partition coefficient (Wildman–Crippen LogP) is 3.39. The first-order valence-electron chi connectivity index (χ1n) is 6.87. The van der Waals surface area contributed by atoms with E-state index in [1.54, 1.807) is 0 Å². The molecule has 1 aromatic carbocycles. The molecule has 0 heterocycles. The van der Waals surface area contributed by atoms with E-state index in [1.165, 1.54) is 0 Å². The van der Waals surface area contributed by atoms with Gasteiger partial charge in [-0.3, -0.25) is 0 Å². The van der Waals surface area contributed by atoms with Crippen molar-refractivity contribution in [1.82, 2.24) is 4.90 Å². The van der Waals surface area contributed by atoms with Gasteiger partial charge in [-0.25, -0.2) is 0 Å². The Morgan fingerprint density at radius 3 is 2.89 bits per heavy atom. The van der Waals surface area contributed by atoms with Crippen LogP contribution >= 0.6 is 0 Å². The summed E-state index contributed by atoms with van der Waals surface area (Å²) in [6, 6.07) is 8.58. The lowest BCUT2D eigenvalue weighted by Gasteiger charge is -2.16. The summed E-state index contributed by atoms with van der Waals surface area (Å²) in [6.07, 6.45) is 4.08. The second-order valence-electron chi connectivity index (χ2n) is 5.09. The highest BCUT2D eigenvalue weighted by atomic mass is 16.5. The van der Waals surface area contributed by atoms with Crippen LogP contribution in [0.1, 0.15) is 19.8 Å². The maximum atomic E-state index is 5.72. The molecule has 0 saturated carbocycles. The highest BCUT2D eigenvalue weighted by Crippen LogP contribution is 2.18. The Bertz CT molecular complexity index is 377. The molecule has 0 aromatic heterocycles. The van der Waals surface area contributed by atoms with Crippen LogP contribution in [0.3, 0.4) is 0 Å². The Morgan fingerprint density at radius 2 is 2.21 bits per heavy atom. The minimum atomic E-state index is 0.440. The number of allylic oxidation sites excluding steroid dienone is 1. The quantitative estimate of drug-likeness (QED) is 0.690. The van der Waals surface area contributed by atoms with Gasteiger partial charge in [0.25, 0.3) is 0 Å². The van der Waals surface area contributed by atoms with E-state index in [-0.39, 0.29) is 0 Å². The summed E-state index contributed by atoms with van der Waals surface area (Å²) >= 11 is 0. The number of hydrogen-bond donors (Lipinski definition) is 1. The van der Waals surface area contributed by atoms with Crippen LogP contribution in [-0.2, 0) is 0 Å². The predicted molar refractivity (Wildman–Crippen MR) is 83.0 cm³/mol. The average molecular weight is 262 g/mol. The molecule has 3 nitrogen and oxygen atoms in total. The van der Waals surface area contributed by atoms with E-state index in [1.807, 2.05) is 32.3 Å². The van der Waals surface area contributed by atoms with Gasteiger partial charge in [0.05, 0.1) is 0 Å². The summed E-state index contributed by atoms with van der Waals surface area (Å²) in [5, 5.41) is 3.48. The van der Waals surface area contributed by atoms with Crippen LogP contribution in [0.15, 0.2) is 36.9 Å². The van der Waals surface area contributed by atoms with Crippen molar-refractivity contribution >= 4 is 5.69 Å². The first kappa shape index (κ1) is 15.6. The van der Waals surface area contributed by atoms with Crippen molar-refractivity contribution in [3.05, 3.63) is 36.9 Å². The Labute approximate surface area is 117 Å². The van der Waals surface area contributed by atoms with Crippen LogP contribution in [-0.4, -0.2) is 38.2 Å². The van der Waals surface area contributed by atoms with E-state index in [0.29, 0.717) is 12.6 Å². The van der Waals surface area contributed by atoms with Gasteiger partial charge in [-0.1, -0.05) is 12.1 Å². The molecule has 106 valence electrons. The summed E-state index contributed by atoms with van der Waals surface area (Å²) in [6.45, 7) is 7.57. The normalized spacial score (nSPS) is 12.2. The Balaban J connectivity index is 2.44. The highest BCUT2D eigenvalue weighted by molar-refractivity contribution is 5.48. The van der Waals surface area contributed by atoms with E-state index < -0.39 is 0 Å². The zero-order valence-electron chi connectivity index (χ0n) is 12.4. The average Bonchev–Trinajstić information content (AvgIpc) is 2.36. The number of ether oxygens (including phenoxy) is 1. The van der Waals surface area contributed by atoms with Gasteiger partial charge in [-0.15, -0.1) is 6.58 Å². The second-order valence-corrected chi connectivity index (χ2v) is 5.09.